The van der Waals surface area contributed by atoms with Crippen LogP contribution in [0.1, 0.15) is 23.3 Å². The highest BCUT2D eigenvalue weighted by atomic mass is 32.1. The van der Waals surface area contributed by atoms with Crippen molar-refractivity contribution in [1.82, 2.24) is 4.98 Å². The average molecular weight is 328 g/mol. The second-order valence-electron chi connectivity index (χ2n) is 5.21. The summed E-state index contributed by atoms with van der Waals surface area (Å²) in [7, 11) is 1.60. The molecule has 7 heteroatoms. The Bertz CT molecular complexity index is 635. The van der Waals surface area contributed by atoms with E-state index in [1.807, 2.05) is 29.2 Å². The normalized spacial score (nSPS) is 14.9. The first-order chi connectivity index (χ1) is 10.5. The molecule has 1 aliphatic rings. The molecule has 3 rings (SSSR count). The first kappa shape index (κ1) is 15.1. The lowest BCUT2D eigenvalue weighted by atomic mass is 10.2. The van der Waals surface area contributed by atoms with E-state index in [2.05, 4.69) is 4.98 Å². The molecule has 0 saturated heterocycles. The van der Waals surface area contributed by atoms with E-state index in [1.54, 1.807) is 7.11 Å². The van der Waals surface area contributed by atoms with Crippen LogP contribution < -0.4 is 9.64 Å². The van der Waals surface area contributed by atoms with Crippen LogP contribution in [0, 0.1) is 0 Å². The molecule has 22 heavy (non-hydrogen) atoms. The van der Waals surface area contributed by atoms with Gasteiger partial charge in [0, 0.05) is 12.6 Å². The van der Waals surface area contributed by atoms with Crippen molar-refractivity contribution in [1.29, 1.82) is 0 Å². The van der Waals surface area contributed by atoms with E-state index in [0.29, 0.717) is 23.0 Å². The lowest BCUT2D eigenvalue weighted by molar-refractivity contribution is -0.134. The first-order valence-corrected chi connectivity index (χ1v) is 7.71. The molecular formula is C15H15F3N2OS. The molecule has 0 bridgehead atoms. The first-order valence-electron chi connectivity index (χ1n) is 6.90. The van der Waals surface area contributed by atoms with Crippen molar-refractivity contribution in [2.45, 2.75) is 31.6 Å². The number of hydrogen-bond donors (Lipinski definition) is 0. The Balaban J connectivity index is 1.79. The monoisotopic (exact) mass is 328 g/mol. The smallest absolute Gasteiger partial charge is 0.427 e. The molecule has 0 N–H and O–H groups in total. The second kappa shape index (κ2) is 5.79. The fraction of sp³-hybridized carbons (Fsp3) is 0.400. The quantitative estimate of drug-likeness (QED) is 0.816. The number of benzene rings is 1. The van der Waals surface area contributed by atoms with E-state index in [-0.39, 0.29) is 6.04 Å². The minimum atomic E-state index is -4.33. The molecule has 1 heterocycles. The lowest BCUT2D eigenvalue weighted by Crippen LogP contribution is -2.24. The van der Waals surface area contributed by atoms with Crippen molar-refractivity contribution >= 4 is 16.5 Å². The van der Waals surface area contributed by atoms with Gasteiger partial charge >= 0.3 is 6.18 Å². The molecule has 0 atom stereocenters. The predicted octanol–water partition coefficient (Wildman–Crippen LogP) is 4.34. The van der Waals surface area contributed by atoms with Gasteiger partial charge in [-0.25, -0.2) is 4.98 Å². The number of thiazole rings is 1. The van der Waals surface area contributed by atoms with Crippen LogP contribution in [0.25, 0.3) is 0 Å². The molecule has 0 amide bonds. The van der Waals surface area contributed by atoms with Gasteiger partial charge in [0.05, 0.1) is 13.3 Å². The summed E-state index contributed by atoms with van der Waals surface area (Å²) in [6.07, 6.45) is -1.41. The van der Waals surface area contributed by atoms with Crippen molar-refractivity contribution < 1.29 is 17.9 Å². The van der Waals surface area contributed by atoms with Crippen LogP contribution in [-0.2, 0) is 12.7 Å². The van der Waals surface area contributed by atoms with E-state index in [4.69, 9.17) is 4.74 Å². The van der Waals surface area contributed by atoms with Crippen LogP contribution in [0.2, 0.25) is 0 Å². The number of ether oxygens (including phenoxy) is 1. The molecule has 0 aliphatic heterocycles. The SMILES string of the molecule is COc1ccc(CN(c2ncc(C(F)(F)F)s2)C2CC2)cc1. The Hall–Kier alpha value is -1.76. The van der Waals surface area contributed by atoms with Crippen LogP contribution >= 0.6 is 11.3 Å². The minimum absolute atomic E-state index is 0.286. The van der Waals surface area contributed by atoms with Crippen molar-refractivity contribution in [3.8, 4) is 5.75 Å². The summed E-state index contributed by atoms with van der Waals surface area (Å²) in [6, 6.07) is 7.83. The number of hydrogen-bond acceptors (Lipinski definition) is 4. The summed E-state index contributed by atoms with van der Waals surface area (Å²) in [5.41, 5.74) is 1.02. The molecule has 1 fully saturated rings. The van der Waals surface area contributed by atoms with Crippen molar-refractivity contribution in [3.05, 3.63) is 40.9 Å². The van der Waals surface area contributed by atoms with Gasteiger partial charge in [-0.15, -0.1) is 0 Å². The Morgan fingerprint density at radius 3 is 2.45 bits per heavy atom. The Morgan fingerprint density at radius 2 is 1.95 bits per heavy atom. The fourth-order valence-electron chi connectivity index (χ4n) is 2.20. The number of nitrogens with zero attached hydrogens (tertiary/aromatic N) is 2. The third kappa shape index (κ3) is 3.35. The average Bonchev–Trinajstić information content (AvgIpc) is 3.20. The van der Waals surface area contributed by atoms with Crippen molar-refractivity contribution in [3.63, 3.8) is 0 Å². The predicted molar refractivity (Wildman–Crippen MR) is 79.3 cm³/mol. The molecule has 3 nitrogen and oxygen atoms in total. The van der Waals surface area contributed by atoms with Crippen molar-refractivity contribution in [2.24, 2.45) is 0 Å². The third-order valence-corrected chi connectivity index (χ3v) is 4.60. The molecule has 118 valence electrons. The maximum atomic E-state index is 12.7. The van der Waals surface area contributed by atoms with Gasteiger partial charge in [0.1, 0.15) is 10.6 Å². The van der Waals surface area contributed by atoms with E-state index >= 15 is 0 Å². The number of halogens is 3. The van der Waals surface area contributed by atoms with Gasteiger partial charge in [-0.05, 0) is 30.5 Å². The third-order valence-electron chi connectivity index (χ3n) is 3.52. The zero-order valence-electron chi connectivity index (χ0n) is 11.9. The lowest BCUT2D eigenvalue weighted by Gasteiger charge is -2.21. The topological polar surface area (TPSA) is 25.4 Å². The van der Waals surface area contributed by atoms with Gasteiger partial charge < -0.3 is 9.64 Å². The van der Waals surface area contributed by atoms with E-state index < -0.39 is 11.1 Å². The molecule has 1 aromatic carbocycles. The van der Waals surface area contributed by atoms with E-state index in [1.165, 1.54) is 0 Å². The Morgan fingerprint density at radius 1 is 1.27 bits per heavy atom. The molecular weight excluding hydrogens is 313 g/mol. The summed E-state index contributed by atoms with van der Waals surface area (Å²) < 4.78 is 43.3. The summed E-state index contributed by atoms with van der Waals surface area (Å²) in [6.45, 7) is 0.555. The van der Waals surface area contributed by atoms with Gasteiger partial charge in [0.15, 0.2) is 5.13 Å². The highest BCUT2D eigenvalue weighted by Crippen LogP contribution is 2.40. The van der Waals surface area contributed by atoms with Crippen LogP contribution in [0.4, 0.5) is 18.3 Å². The highest BCUT2D eigenvalue weighted by molar-refractivity contribution is 7.15. The number of rotatable bonds is 5. The summed E-state index contributed by atoms with van der Waals surface area (Å²) >= 11 is 0.708. The molecule has 0 radical (unpaired) electrons. The summed E-state index contributed by atoms with van der Waals surface area (Å²) in [4.78, 5) is 5.28. The number of anilines is 1. The number of aromatic nitrogens is 1. The Labute approximate surface area is 130 Å². The second-order valence-corrected chi connectivity index (χ2v) is 6.22. The largest absolute Gasteiger partial charge is 0.497 e. The molecule has 1 aliphatic carbocycles. The van der Waals surface area contributed by atoms with Gasteiger partial charge in [0.2, 0.25) is 0 Å². The van der Waals surface area contributed by atoms with Gasteiger partial charge in [0.25, 0.3) is 0 Å². The highest BCUT2D eigenvalue weighted by Gasteiger charge is 2.36. The van der Waals surface area contributed by atoms with Crippen LogP contribution in [0.15, 0.2) is 30.5 Å². The van der Waals surface area contributed by atoms with E-state index in [9.17, 15) is 13.2 Å². The summed E-state index contributed by atoms with van der Waals surface area (Å²) in [5, 5.41) is 0.436. The van der Waals surface area contributed by atoms with Gasteiger partial charge in [-0.1, -0.05) is 23.5 Å². The molecule has 0 unspecified atom stereocenters. The zero-order valence-corrected chi connectivity index (χ0v) is 12.7. The molecule has 0 spiro atoms. The van der Waals surface area contributed by atoms with Gasteiger partial charge in [-0.3, -0.25) is 0 Å². The fourth-order valence-corrected chi connectivity index (χ4v) is 3.05. The number of alkyl halides is 3. The summed E-state index contributed by atoms with van der Waals surface area (Å²) in [5.74, 6) is 0.760. The molecule has 1 aromatic heterocycles. The molecule has 1 saturated carbocycles. The minimum Gasteiger partial charge on any atom is -0.497 e. The zero-order chi connectivity index (χ0) is 15.7. The van der Waals surface area contributed by atoms with Crippen molar-refractivity contribution in [2.75, 3.05) is 12.0 Å². The van der Waals surface area contributed by atoms with Crippen LogP contribution in [0.5, 0.6) is 5.75 Å². The van der Waals surface area contributed by atoms with E-state index in [0.717, 1.165) is 30.4 Å². The maximum absolute atomic E-state index is 12.7. The van der Waals surface area contributed by atoms with Crippen LogP contribution in [-0.4, -0.2) is 18.1 Å². The van der Waals surface area contributed by atoms with Crippen LogP contribution in [0.3, 0.4) is 0 Å². The number of methoxy groups -OCH3 is 1. The van der Waals surface area contributed by atoms with Gasteiger partial charge in [-0.2, -0.15) is 13.2 Å². The molecule has 2 aromatic rings. The Kier molecular flexibility index (Phi) is 3.99. The maximum Gasteiger partial charge on any atom is 0.427 e. The standard InChI is InChI=1S/C15H15F3N2OS/c1-21-12-6-2-10(3-7-12)9-20(11-4-5-11)14-19-8-13(22-14)15(16,17)18/h2-3,6-8,11H,4-5,9H2,1H3.